The van der Waals surface area contributed by atoms with E-state index in [1.165, 1.54) is 17.8 Å². The molecule has 5 heteroatoms. The third kappa shape index (κ3) is 1.16. The molecule has 0 aliphatic carbocycles. The summed E-state index contributed by atoms with van der Waals surface area (Å²) in [4.78, 5) is 21.5. The van der Waals surface area contributed by atoms with Crippen LogP contribution in [0.4, 0.5) is 0 Å². The molecule has 0 radical (unpaired) electrons. The summed E-state index contributed by atoms with van der Waals surface area (Å²) in [5.41, 5.74) is 4.14. The monoisotopic (exact) mass is 168 g/mol. The molecule has 1 heterocycles. The maximum absolute atomic E-state index is 10.8. The molecule has 0 aliphatic heterocycles. The van der Waals surface area contributed by atoms with Crippen LogP contribution in [0.1, 0.15) is 10.5 Å². The summed E-state index contributed by atoms with van der Waals surface area (Å²) in [7, 11) is 1.51. The van der Waals surface area contributed by atoms with E-state index in [0.717, 1.165) is 6.07 Å². The number of nitrogens with two attached hydrogens (primary N) is 1. The van der Waals surface area contributed by atoms with Gasteiger partial charge in [-0.3, -0.25) is 9.59 Å². The highest BCUT2D eigenvalue weighted by atomic mass is 16.3. The highest BCUT2D eigenvalue weighted by molar-refractivity contribution is 5.93. The summed E-state index contributed by atoms with van der Waals surface area (Å²) in [6.07, 6.45) is 1.36. The first kappa shape index (κ1) is 8.32. The second-order valence-corrected chi connectivity index (χ2v) is 2.35. The van der Waals surface area contributed by atoms with Gasteiger partial charge < -0.3 is 15.4 Å². The van der Waals surface area contributed by atoms with E-state index in [0.29, 0.717) is 0 Å². The zero-order valence-corrected chi connectivity index (χ0v) is 6.44. The first-order valence-electron chi connectivity index (χ1n) is 3.22. The number of carbonyl (C=O) groups is 1. The van der Waals surface area contributed by atoms with Crippen molar-refractivity contribution >= 4 is 5.91 Å². The van der Waals surface area contributed by atoms with E-state index >= 15 is 0 Å². The van der Waals surface area contributed by atoms with Gasteiger partial charge in [-0.2, -0.15) is 0 Å². The quantitative estimate of drug-likeness (QED) is 0.575. The van der Waals surface area contributed by atoms with Crippen molar-refractivity contribution in [2.75, 3.05) is 0 Å². The molecule has 1 rings (SSSR count). The molecule has 5 nitrogen and oxygen atoms in total. The molecule has 12 heavy (non-hydrogen) atoms. The van der Waals surface area contributed by atoms with Gasteiger partial charge in [0, 0.05) is 19.3 Å². The Morgan fingerprint density at radius 1 is 1.67 bits per heavy atom. The third-order valence-corrected chi connectivity index (χ3v) is 1.49. The van der Waals surface area contributed by atoms with Gasteiger partial charge in [0.15, 0.2) is 11.4 Å². The Kier molecular flexibility index (Phi) is 1.86. The number of aryl methyl sites for hydroxylation is 1. The van der Waals surface area contributed by atoms with E-state index in [-0.39, 0.29) is 5.69 Å². The molecule has 0 unspecified atom stereocenters. The number of hydrogen-bond acceptors (Lipinski definition) is 3. The van der Waals surface area contributed by atoms with Crippen molar-refractivity contribution in [1.29, 1.82) is 0 Å². The molecule has 0 atom stereocenters. The Bertz CT molecular complexity index is 381. The Balaban J connectivity index is 3.54. The van der Waals surface area contributed by atoms with Gasteiger partial charge >= 0.3 is 0 Å². The third-order valence-electron chi connectivity index (χ3n) is 1.49. The van der Waals surface area contributed by atoms with Crippen LogP contribution in [0.3, 0.4) is 0 Å². The number of hydrogen-bond donors (Lipinski definition) is 2. The summed E-state index contributed by atoms with van der Waals surface area (Å²) in [5.74, 6) is -1.43. The Morgan fingerprint density at radius 3 is 2.67 bits per heavy atom. The van der Waals surface area contributed by atoms with Crippen molar-refractivity contribution in [3.05, 3.63) is 28.2 Å². The molecule has 1 amide bonds. The SMILES string of the molecule is Cn1ccc(=O)c(O)c1C(N)=O. The van der Waals surface area contributed by atoms with E-state index in [1.807, 2.05) is 0 Å². The lowest BCUT2D eigenvalue weighted by Crippen LogP contribution is -2.20. The number of carbonyl (C=O) groups excluding carboxylic acids is 1. The van der Waals surface area contributed by atoms with Crippen LogP contribution in [-0.2, 0) is 7.05 Å². The van der Waals surface area contributed by atoms with Gasteiger partial charge in [0.2, 0.25) is 5.43 Å². The lowest BCUT2D eigenvalue weighted by molar-refractivity contribution is 0.0988. The van der Waals surface area contributed by atoms with Crippen LogP contribution < -0.4 is 11.2 Å². The first-order valence-corrected chi connectivity index (χ1v) is 3.22. The topological polar surface area (TPSA) is 85.3 Å². The number of rotatable bonds is 1. The maximum atomic E-state index is 10.8. The van der Waals surface area contributed by atoms with Crippen molar-refractivity contribution in [3.63, 3.8) is 0 Å². The Labute approximate surface area is 68.0 Å². The van der Waals surface area contributed by atoms with Gasteiger partial charge in [0.05, 0.1) is 0 Å². The molecule has 0 fully saturated rings. The van der Waals surface area contributed by atoms with Crippen LogP contribution in [0.15, 0.2) is 17.1 Å². The summed E-state index contributed by atoms with van der Waals surface area (Å²) >= 11 is 0. The fourth-order valence-corrected chi connectivity index (χ4v) is 0.907. The van der Waals surface area contributed by atoms with Crippen molar-refractivity contribution in [3.8, 4) is 5.75 Å². The zero-order chi connectivity index (χ0) is 9.30. The summed E-state index contributed by atoms with van der Waals surface area (Å²) in [5, 5.41) is 9.11. The van der Waals surface area contributed by atoms with Crippen LogP contribution in [0.5, 0.6) is 5.75 Å². The largest absolute Gasteiger partial charge is 0.503 e. The highest BCUT2D eigenvalue weighted by Gasteiger charge is 2.12. The van der Waals surface area contributed by atoms with Crippen molar-refractivity contribution in [2.45, 2.75) is 0 Å². The van der Waals surface area contributed by atoms with Gasteiger partial charge in [0.1, 0.15) is 0 Å². The zero-order valence-electron chi connectivity index (χ0n) is 6.44. The molecule has 0 saturated heterocycles. The minimum atomic E-state index is -0.826. The van der Waals surface area contributed by atoms with Gasteiger partial charge in [-0.1, -0.05) is 0 Å². The van der Waals surface area contributed by atoms with Gasteiger partial charge in [0.25, 0.3) is 5.91 Å². The highest BCUT2D eigenvalue weighted by Crippen LogP contribution is 2.07. The molecule has 3 N–H and O–H groups in total. The summed E-state index contributed by atoms with van der Waals surface area (Å²) < 4.78 is 1.29. The molecular formula is C7H8N2O3. The second kappa shape index (κ2) is 2.69. The Morgan fingerprint density at radius 2 is 2.25 bits per heavy atom. The molecule has 0 saturated carbocycles. The number of amides is 1. The van der Waals surface area contributed by atoms with Gasteiger partial charge in [-0.25, -0.2) is 0 Å². The lowest BCUT2D eigenvalue weighted by atomic mass is 10.3. The number of aromatic hydroxyl groups is 1. The molecule has 0 bridgehead atoms. The van der Waals surface area contributed by atoms with Crippen LogP contribution in [-0.4, -0.2) is 15.6 Å². The number of pyridine rings is 1. The molecule has 0 aromatic carbocycles. The van der Waals surface area contributed by atoms with Crippen LogP contribution >= 0.6 is 0 Å². The minimum absolute atomic E-state index is 0.178. The van der Waals surface area contributed by atoms with Crippen molar-refractivity contribution in [1.82, 2.24) is 4.57 Å². The van der Waals surface area contributed by atoms with E-state index in [1.54, 1.807) is 0 Å². The van der Waals surface area contributed by atoms with Crippen molar-refractivity contribution in [2.24, 2.45) is 12.8 Å². The number of nitrogens with zero attached hydrogens (tertiary/aromatic N) is 1. The van der Waals surface area contributed by atoms with Crippen LogP contribution in [0, 0.1) is 0 Å². The first-order chi connectivity index (χ1) is 5.54. The predicted octanol–water partition coefficient (Wildman–Crippen LogP) is -0.810. The van der Waals surface area contributed by atoms with Gasteiger partial charge in [-0.15, -0.1) is 0 Å². The van der Waals surface area contributed by atoms with E-state index in [4.69, 9.17) is 10.8 Å². The molecule has 0 spiro atoms. The average molecular weight is 168 g/mol. The Hall–Kier alpha value is -1.78. The van der Waals surface area contributed by atoms with Gasteiger partial charge in [-0.05, 0) is 0 Å². The summed E-state index contributed by atoms with van der Waals surface area (Å²) in [6, 6.07) is 1.15. The molecule has 1 aromatic heterocycles. The molecule has 64 valence electrons. The normalized spacial score (nSPS) is 9.75. The standard InChI is InChI=1S/C7H8N2O3/c1-9-3-2-4(10)6(11)5(9)7(8)12/h2-3,11H,1H3,(H2,8,12). The summed E-state index contributed by atoms with van der Waals surface area (Å²) in [6.45, 7) is 0. The minimum Gasteiger partial charge on any atom is -0.503 e. The van der Waals surface area contributed by atoms with Crippen LogP contribution in [0.2, 0.25) is 0 Å². The van der Waals surface area contributed by atoms with Crippen molar-refractivity contribution < 1.29 is 9.90 Å². The molecule has 1 aromatic rings. The number of primary amides is 1. The molecular weight excluding hydrogens is 160 g/mol. The van der Waals surface area contributed by atoms with E-state index in [9.17, 15) is 9.59 Å². The lowest BCUT2D eigenvalue weighted by Gasteiger charge is -2.04. The smallest absolute Gasteiger partial charge is 0.269 e. The van der Waals surface area contributed by atoms with E-state index in [2.05, 4.69) is 0 Å². The van der Waals surface area contributed by atoms with E-state index < -0.39 is 17.1 Å². The van der Waals surface area contributed by atoms with Crippen LogP contribution in [0.25, 0.3) is 0 Å². The average Bonchev–Trinajstić information content (AvgIpc) is 1.97. The fourth-order valence-electron chi connectivity index (χ4n) is 0.907. The second-order valence-electron chi connectivity index (χ2n) is 2.35. The number of aromatic nitrogens is 1. The molecule has 0 aliphatic rings. The fraction of sp³-hybridized carbons (Fsp3) is 0.143. The maximum Gasteiger partial charge on any atom is 0.269 e. The predicted molar refractivity (Wildman–Crippen MR) is 41.9 cm³/mol.